The topological polar surface area (TPSA) is 40.5 Å². The van der Waals surface area contributed by atoms with Gasteiger partial charge in [-0.3, -0.25) is 4.79 Å². The molecule has 0 aromatic rings. The largest absolute Gasteiger partial charge is 0.393 e. The smallest absolute Gasteiger partial charge is 0.225 e. The van der Waals surface area contributed by atoms with Gasteiger partial charge in [-0.1, -0.05) is 33.1 Å². The highest BCUT2D eigenvalue weighted by molar-refractivity contribution is 5.78. The number of hydrogen-bond acceptors (Lipinski definition) is 2. The maximum Gasteiger partial charge on any atom is 0.225 e. The number of carbonyl (C=O) groups excluding carboxylic acids is 1. The molecule has 3 nitrogen and oxygen atoms in total. The molecule has 0 aliphatic carbocycles. The van der Waals surface area contributed by atoms with Crippen molar-refractivity contribution in [3.8, 4) is 0 Å². The van der Waals surface area contributed by atoms with E-state index in [0.29, 0.717) is 5.91 Å². The van der Waals surface area contributed by atoms with Crippen LogP contribution in [-0.2, 0) is 4.79 Å². The number of rotatable bonds is 6. The van der Waals surface area contributed by atoms with Crippen LogP contribution in [0.4, 0.5) is 0 Å². The van der Waals surface area contributed by atoms with Crippen LogP contribution in [0.5, 0.6) is 0 Å². The Hall–Kier alpha value is -0.570. The van der Waals surface area contributed by atoms with Crippen LogP contribution >= 0.6 is 0 Å². The van der Waals surface area contributed by atoms with Gasteiger partial charge in [0.1, 0.15) is 0 Å². The second-order valence-electron chi connectivity index (χ2n) is 5.16. The van der Waals surface area contributed by atoms with E-state index in [1.165, 1.54) is 12.8 Å². The van der Waals surface area contributed by atoms with Gasteiger partial charge in [-0.25, -0.2) is 0 Å². The maximum atomic E-state index is 12.3. The number of amides is 1. The number of likely N-dealkylation sites (tertiary alicyclic amines) is 1. The molecule has 1 unspecified atom stereocenters. The molecule has 1 saturated heterocycles. The molecule has 1 heterocycles. The lowest BCUT2D eigenvalue weighted by atomic mass is 9.96. The molecule has 0 radical (unpaired) electrons. The van der Waals surface area contributed by atoms with Crippen LogP contribution in [0.15, 0.2) is 0 Å². The van der Waals surface area contributed by atoms with E-state index in [0.717, 1.165) is 45.2 Å². The van der Waals surface area contributed by atoms with Crippen molar-refractivity contribution in [1.82, 2.24) is 4.90 Å². The van der Waals surface area contributed by atoms with Gasteiger partial charge in [-0.15, -0.1) is 0 Å². The summed E-state index contributed by atoms with van der Waals surface area (Å²) in [5.41, 5.74) is 0. The molecule has 1 aliphatic rings. The molecule has 0 saturated carbocycles. The Morgan fingerprint density at radius 1 is 1.29 bits per heavy atom. The number of aliphatic hydroxyl groups is 1. The summed E-state index contributed by atoms with van der Waals surface area (Å²) < 4.78 is 0. The molecule has 17 heavy (non-hydrogen) atoms. The zero-order valence-electron chi connectivity index (χ0n) is 11.3. The third-order valence-corrected chi connectivity index (χ3v) is 3.77. The van der Waals surface area contributed by atoms with Crippen LogP contribution < -0.4 is 0 Å². The first-order valence-corrected chi connectivity index (χ1v) is 7.15. The fourth-order valence-corrected chi connectivity index (χ4v) is 2.49. The minimum atomic E-state index is -0.195. The van der Waals surface area contributed by atoms with Crippen LogP contribution in [-0.4, -0.2) is 35.1 Å². The van der Waals surface area contributed by atoms with E-state index in [1.54, 1.807) is 0 Å². The van der Waals surface area contributed by atoms with Crippen LogP contribution in [0.3, 0.4) is 0 Å². The first kappa shape index (κ1) is 14.5. The van der Waals surface area contributed by atoms with E-state index in [-0.39, 0.29) is 12.0 Å². The number of hydrogen-bond donors (Lipinski definition) is 1. The summed E-state index contributed by atoms with van der Waals surface area (Å²) in [6.45, 7) is 5.77. The molecule has 100 valence electrons. The van der Waals surface area contributed by atoms with Crippen LogP contribution in [0, 0.1) is 5.92 Å². The van der Waals surface area contributed by atoms with Crippen molar-refractivity contribution in [2.45, 2.75) is 64.9 Å². The van der Waals surface area contributed by atoms with Crippen molar-refractivity contribution in [3.63, 3.8) is 0 Å². The average Bonchev–Trinajstić information content (AvgIpc) is 2.35. The van der Waals surface area contributed by atoms with Crippen LogP contribution in [0.25, 0.3) is 0 Å². The number of piperidine rings is 1. The van der Waals surface area contributed by atoms with E-state index in [2.05, 4.69) is 13.8 Å². The Kier molecular flexibility index (Phi) is 6.56. The lowest BCUT2D eigenvalue weighted by molar-refractivity contribution is -0.137. The van der Waals surface area contributed by atoms with Gasteiger partial charge in [0.15, 0.2) is 0 Å². The SMILES string of the molecule is CCCCCC(CC)C(=O)N1CCC(O)CC1. The Labute approximate surface area is 105 Å². The zero-order valence-corrected chi connectivity index (χ0v) is 11.3. The van der Waals surface area contributed by atoms with Crippen molar-refractivity contribution in [3.05, 3.63) is 0 Å². The fraction of sp³-hybridized carbons (Fsp3) is 0.929. The summed E-state index contributed by atoms with van der Waals surface area (Å²) >= 11 is 0. The van der Waals surface area contributed by atoms with Crippen molar-refractivity contribution in [2.75, 3.05) is 13.1 Å². The number of aliphatic hydroxyl groups excluding tert-OH is 1. The summed E-state index contributed by atoms with van der Waals surface area (Å²) in [6.07, 6.45) is 6.87. The van der Waals surface area contributed by atoms with E-state index >= 15 is 0 Å². The van der Waals surface area contributed by atoms with Gasteiger partial charge in [-0.05, 0) is 25.7 Å². The highest BCUT2D eigenvalue weighted by atomic mass is 16.3. The molecule has 1 fully saturated rings. The predicted octanol–water partition coefficient (Wildman–Crippen LogP) is 2.58. The van der Waals surface area contributed by atoms with Crippen molar-refractivity contribution >= 4 is 5.91 Å². The summed E-state index contributed by atoms with van der Waals surface area (Å²) in [6, 6.07) is 0. The second-order valence-corrected chi connectivity index (χ2v) is 5.16. The number of nitrogens with zero attached hydrogens (tertiary/aromatic N) is 1. The molecule has 0 aromatic carbocycles. The molecule has 1 aliphatic heterocycles. The van der Waals surface area contributed by atoms with Gasteiger partial charge in [0.25, 0.3) is 0 Å². The normalized spacial score (nSPS) is 19.4. The lowest BCUT2D eigenvalue weighted by Crippen LogP contribution is -2.43. The Balaban J connectivity index is 2.37. The van der Waals surface area contributed by atoms with Crippen LogP contribution in [0.2, 0.25) is 0 Å². The molecule has 0 aromatic heterocycles. The van der Waals surface area contributed by atoms with E-state index in [9.17, 15) is 9.90 Å². The first-order valence-electron chi connectivity index (χ1n) is 7.15. The monoisotopic (exact) mass is 241 g/mol. The van der Waals surface area contributed by atoms with Gasteiger partial charge in [0.2, 0.25) is 5.91 Å². The van der Waals surface area contributed by atoms with Crippen molar-refractivity contribution in [2.24, 2.45) is 5.92 Å². The summed E-state index contributed by atoms with van der Waals surface area (Å²) in [7, 11) is 0. The van der Waals surface area contributed by atoms with Crippen LogP contribution in [0.1, 0.15) is 58.8 Å². The highest BCUT2D eigenvalue weighted by Crippen LogP contribution is 2.19. The van der Waals surface area contributed by atoms with E-state index in [4.69, 9.17) is 0 Å². The molecule has 0 bridgehead atoms. The van der Waals surface area contributed by atoms with E-state index in [1.807, 2.05) is 4.90 Å². The first-order chi connectivity index (χ1) is 8.19. The molecule has 1 N–H and O–H groups in total. The zero-order chi connectivity index (χ0) is 12.7. The van der Waals surface area contributed by atoms with Crippen molar-refractivity contribution in [1.29, 1.82) is 0 Å². The Morgan fingerprint density at radius 2 is 1.94 bits per heavy atom. The highest BCUT2D eigenvalue weighted by Gasteiger charge is 2.26. The van der Waals surface area contributed by atoms with Gasteiger partial charge in [0, 0.05) is 19.0 Å². The minimum Gasteiger partial charge on any atom is -0.393 e. The second kappa shape index (κ2) is 7.70. The quantitative estimate of drug-likeness (QED) is 0.726. The average molecular weight is 241 g/mol. The molecule has 3 heteroatoms. The molecule has 0 spiro atoms. The number of unbranched alkanes of at least 4 members (excludes halogenated alkanes) is 2. The third kappa shape index (κ3) is 4.66. The van der Waals surface area contributed by atoms with Crippen molar-refractivity contribution < 1.29 is 9.90 Å². The predicted molar refractivity (Wildman–Crippen MR) is 69.7 cm³/mol. The van der Waals surface area contributed by atoms with E-state index < -0.39 is 0 Å². The van der Waals surface area contributed by atoms with Gasteiger partial charge in [-0.2, -0.15) is 0 Å². The molecular weight excluding hydrogens is 214 g/mol. The summed E-state index contributed by atoms with van der Waals surface area (Å²) in [4.78, 5) is 14.2. The minimum absolute atomic E-state index is 0.195. The Morgan fingerprint density at radius 3 is 2.47 bits per heavy atom. The van der Waals surface area contributed by atoms with Gasteiger partial charge < -0.3 is 10.0 Å². The molecular formula is C14H27NO2. The third-order valence-electron chi connectivity index (χ3n) is 3.77. The summed E-state index contributed by atoms with van der Waals surface area (Å²) in [5, 5.41) is 9.44. The standard InChI is InChI=1S/C14H27NO2/c1-3-5-6-7-12(4-2)14(17)15-10-8-13(16)9-11-15/h12-13,16H,3-11H2,1-2H3. The summed E-state index contributed by atoms with van der Waals surface area (Å²) in [5.74, 6) is 0.521. The molecule has 1 amide bonds. The van der Waals surface area contributed by atoms with Gasteiger partial charge in [0.05, 0.1) is 6.10 Å². The lowest BCUT2D eigenvalue weighted by Gasteiger charge is -2.32. The maximum absolute atomic E-state index is 12.3. The number of carbonyl (C=O) groups is 1. The molecule has 1 rings (SSSR count). The fourth-order valence-electron chi connectivity index (χ4n) is 2.49. The van der Waals surface area contributed by atoms with Gasteiger partial charge >= 0.3 is 0 Å². The molecule has 1 atom stereocenters. The Bertz CT molecular complexity index is 222.